The Morgan fingerprint density at radius 1 is 1.26 bits per heavy atom. The zero-order valence-electron chi connectivity index (χ0n) is 10.8. The summed E-state index contributed by atoms with van der Waals surface area (Å²) < 4.78 is 11.1. The molecule has 3 rings (SSSR count). The summed E-state index contributed by atoms with van der Waals surface area (Å²) in [4.78, 5) is 14.9. The summed E-state index contributed by atoms with van der Waals surface area (Å²) >= 11 is 0. The molecule has 19 heavy (non-hydrogen) atoms. The molecule has 0 fully saturated rings. The number of aromatic amines is 1. The third-order valence-electron chi connectivity index (χ3n) is 3.46. The number of pyridine rings is 1. The van der Waals surface area contributed by atoms with Crippen molar-refractivity contribution in [2.24, 2.45) is 5.73 Å². The van der Waals surface area contributed by atoms with Gasteiger partial charge < -0.3 is 20.2 Å². The molecule has 0 unspecified atom stereocenters. The maximum absolute atomic E-state index is 12.0. The van der Waals surface area contributed by atoms with E-state index in [1.165, 1.54) is 0 Å². The fraction of sp³-hybridized carbons (Fsp3) is 0.357. The Bertz CT molecular complexity index is 691. The second kappa shape index (κ2) is 4.59. The number of nitrogens with one attached hydrogen (secondary N) is 1. The molecular weight excluding hydrogens is 244 g/mol. The van der Waals surface area contributed by atoms with Crippen LogP contribution in [-0.2, 0) is 6.42 Å². The number of aromatic nitrogens is 1. The molecule has 5 nitrogen and oxygen atoms in total. The lowest BCUT2D eigenvalue weighted by molar-refractivity contribution is 0.172. The molecule has 0 saturated carbocycles. The van der Waals surface area contributed by atoms with Gasteiger partial charge in [0.25, 0.3) is 5.56 Å². The van der Waals surface area contributed by atoms with Crippen molar-refractivity contribution in [1.82, 2.24) is 4.98 Å². The van der Waals surface area contributed by atoms with E-state index in [2.05, 4.69) is 4.98 Å². The number of nitrogens with two attached hydrogens (primary N) is 1. The van der Waals surface area contributed by atoms with E-state index < -0.39 is 0 Å². The molecule has 2 heterocycles. The van der Waals surface area contributed by atoms with E-state index in [1.54, 1.807) is 0 Å². The monoisotopic (exact) mass is 260 g/mol. The summed E-state index contributed by atoms with van der Waals surface area (Å²) in [7, 11) is 0. The summed E-state index contributed by atoms with van der Waals surface area (Å²) in [5, 5.41) is 0.979. The van der Waals surface area contributed by atoms with Crippen LogP contribution in [0.25, 0.3) is 10.9 Å². The molecular formula is C14H16N2O3. The highest BCUT2D eigenvalue weighted by molar-refractivity contribution is 5.86. The van der Waals surface area contributed by atoms with E-state index in [9.17, 15) is 4.79 Å². The van der Waals surface area contributed by atoms with Crippen molar-refractivity contribution in [1.29, 1.82) is 0 Å². The number of H-pyrrole nitrogens is 1. The molecule has 2 aromatic rings. The minimum atomic E-state index is -0.0767. The molecule has 1 aliphatic heterocycles. The Hall–Kier alpha value is -2.01. The van der Waals surface area contributed by atoms with Gasteiger partial charge in [0, 0.05) is 17.0 Å². The number of ether oxygens (including phenoxy) is 2. The highest BCUT2D eigenvalue weighted by Gasteiger charge is 2.16. The number of aryl methyl sites for hydroxylation is 1. The summed E-state index contributed by atoms with van der Waals surface area (Å²) in [6.45, 7) is 3.49. The molecule has 100 valence electrons. The molecule has 0 spiro atoms. The van der Waals surface area contributed by atoms with E-state index >= 15 is 0 Å². The van der Waals surface area contributed by atoms with Crippen LogP contribution in [0.1, 0.15) is 11.1 Å². The molecule has 5 heteroatoms. The first-order valence-electron chi connectivity index (χ1n) is 6.36. The van der Waals surface area contributed by atoms with Gasteiger partial charge in [0.1, 0.15) is 13.2 Å². The van der Waals surface area contributed by atoms with Gasteiger partial charge in [-0.2, -0.15) is 0 Å². The third-order valence-corrected chi connectivity index (χ3v) is 3.46. The molecule has 1 aliphatic rings. The molecule has 1 aromatic heterocycles. The van der Waals surface area contributed by atoms with Crippen molar-refractivity contribution in [2.75, 3.05) is 19.8 Å². The van der Waals surface area contributed by atoms with Gasteiger partial charge in [-0.05, 0) is 31.5 Å². The van der Waals surface area contributed by atoms with E-state index in [4.69, 9.17) is 15.2 Å². The lowest BCUT2D eigenvalue weighted by Crippen LogP contribution is -2.19. The zero-order valence-corrected chi connectivity index (χ0v) is 10.8. The van der Waals surface area contributed by atoms with Crippen molar-refractivity contribution < 1.29 is 9.47 Å². The van der Waals surface area contributed by atoms with Crippen LogP contribution in [0, 0.1) is 6.92 Å². The number of hydrogen-bond acceptors (Lipinski definition) is 4. The first-order chi connectivity index (χ1) is 9.20. The normalized spacial score (nSPS) is 13.8. The molecule has 0 bridgehead atoms. The predicted molar refractivity (Wildman–Crippen MR) is 73.1 cm³/mol. The number of rotatable bonds is 2. The second-order valence-electron chi connectivity index (χ2n) is 4.64. The smallest absolute Gasteiger partial charge is 0.251 e. The van der Waals surface area contributed by atoms with Crippen LogP contribution in [-0.4, -0.2) is 24.7 Å². The summed E-state index contributed by atoms with van der Waals surface area (Å²) in [5.74, 6) is 1.41. The maximum Gasteiger partial charge on any atom is 0.251 e. The van der Waals surface area contributed by atoms with Gasteiger partial charge in [0.2, 0.25) is 0 Å². The highest BCUT2D eigenvalue weighted by Crippen LogP contribution is 2.34. The van der Waals surface area contributed by atoms with Crippen LogP contribution in [0.15, 0.2) is 16.9 Å². The Kier molecular flexibility index (Phi) is 2.91. The number of benzene rings is 1. The fourth-order valence-electron chi connectivity index (χ4n) is 2.48. The standard InChI is InChI=1S/C14H16N2O3/c1-8-9(2-3-15)14(17)16-11-7-13-12(6-10(8)11)18-4-5-19-13/h6-7H,2-5,15H2,1H3,(H,16,17). The second-order valence-corrected chi connectivity index (χ2v) is 4.64. The SMILES string of the molecule is Cc1c(CCN)c(=O)[nH]c2cc3c(cc12)OCCO3. The number of fused-ring (bicyclic) bond motifs is 2. The lowest BCUT2D eigenvalue weighted by atomic mass is 10.0. The van der Waals surface area contributed by atoms with Gasteiger partial charge in [0.15, 0.2) is 11.5 Å². The third kappa shape index (κ3) is 1.96. The summed E-state index contributed by atoms with van der Waals surface area (Å²) in [6.07, 6.45) is 0.575. The minimum Gasteiger partial charge on any atom is -0.486 e. The van der Waals surface area contributed by atoms with Crippen molar-refractivity contribution in [3.8, 4) is 11.5 Å². The molecule has 0 radical (unpaired) electrons. The fourth-order valence-corrected chi connectivity index (χ4v) is 2.48. The average Bonchev–Trinajstić information content (AvgIpc) is 2.42. The summed E-state index contributed by atoms with van der Waals surface area (Å²) in [5.41, 5.74) is 7.95. The minimum absolute atomic E-state index is 0.0767. The van der Waals surface area contributed by atoms with Crippen LogP contribution in [0.2, 0.25) is 0 Å². The van der Waals surface area contributed by atoms with Gasteiger partial charge in [-0.15, -0.1) is 0 Å². The quantitative estimate of drug-likeness (QED) is 0.848. The van der Waals surface area contributed by atoms with Gasteiger partial charge in [-0.3, -0.25) is 4.79 Å². The van der Waals surface area contributed by atoms with E-state index in [1.807, 2.05) is 19.1 Å². The lowest BCUT2D eigenvalue weighted by Gasteiger charge is -2.19. The molecule has 3 N–H and O–H groups in total. The van der Waals surface area contributed by atoms with E-state index in [0.717, 1.165) is 27.8 Å². The number of hydrogen-bond donors (Lipinski definition) is 2. The van der Waals surface area contributed by atoms with Crippen LogP contribution < -0.4 is 20.8 Å². The van der Waals surface area contributed by atoms with Crippen molar-refractivity contribution in [3.05, 3.63) is 33.6 Å². The largest absolute Gasteiger partial charge is 0.486 e. The first kappa shape index (κ1) is 12.0. The van der Waals surface area contributed by atoms with Crippen molar-refractivity contribution in [3.63, 3.8) is 0 Å². The Labute approximate surface area is 110 Å². The molecule has 0 saturated heterocycles. The van der Waals surface area contributed by atoms with Crippen LogP contribution in [0.3, 0.4) is 0 Å². The highest BCUT2D eigenvalue weighted by atomic mass is 16.6. The van der Waals surface area contributed by atoms with Crippen molar-refractivity contribution >= 4 is 10.9 Å². The first-order valence-corrected chi connectivity index (χ1v) is 6.36. The Morgan fingerprint density at radius 3 is 2.63 bits per heavy atom. The van der Waals surface area contributed by atoms with E-state index in [-0.39, 0.29) is 5.56 Å². The molecule has 0 atom stereocenters. The van der Waals surface area contributed by atoms with Crippen LogP contribution >= 0.6 is 0 Å². The van der Waals surface area contributed by atoms with Gasteiger partial charge in [0.05, 0.1) is 5.52 Å². The van der Waals surface area contributed by atoms with Crippen LogP contribution in [0.4, 0.5) is 0 Å². The van der Waals surface area contributed by atoms with Gasteiger partial charge >= 0.3 is 0 Å². The van der Waals surface area contributed by atoms with Crippen molar-refractivity contribution in [2.45, 2.75) is 13.3 Å². The molecule has 0 amide bonds. The van der Waals surface area contributed by atoms with Gasteiger partial charge in [-0.25, -0.2) is 0 Å². The predicted octanol–water partition coefficient (Wildman–Crippen LogP) is 1.11. The van der Waals surface area contributed by atoms with Gasteiger partial charge in [-0.1, -0.05) is 0 Å². The average molecular weight is 260 g/mol. The Balaban J connectivity index is 2.27. The molecule has 0 aliphatic carbocycles. The topological polar surface area (TPSA) is 77.3 Å². The Morgan fingerprint density at radius 2 is 1.95 bits per heavy atom. The molecule has 1 aromatic carbocycles. The summed E-state index contributed by atoms with van der Waals surface area (Å²) in [6, 6.07) is 3.75. The zero-order chi connectivity index (χ0) is 13.4. The van der Waals surface area contributed by atoms with Crippen LogP contribution in [0.5, 0.6) is 11.5 Å². The maximum atomic E-state index is 12.0. The van der Waals surface area contributed by atoms with E-state index in [0.29, 0.717) is 31.9 Å².